The Morgan fingerprint density at radius 2 is 2.08 bits per heavy atom. The van der Waals surface area contributed by atoms with Crippen LogP contribution in [0.1, 0.15) is 38.4 Å². The average molecular weight is 343 g/mol. The third kappa shape index (κ3) is 4.20. The van der Waals surface area contributed by atoms with Gasteiger partial charge < -0.3 is 20.1 Å². The van der Waals surface area contributed by atoms with Gasteiger partial charge in [-0.3, -0.25) is 0 Å². The van der Waals surface area contributed by atoms with E-state index in [0.29, 0.717) is 32.1 Å². The van der Waals surface area contributed by atoms with Gasteiger partial charge in [0.15, 0.2) is 0 Å². The zero-order valence-corrected chi connectivity index (χ0v) is 15.0. The molecule has 3 heterocycles. The number of amides is 1. The minimum absolute atomic E-state index is 0.311. The molecular formula is C19H25N3O3. The van der Waals surface area contributed by atoms with Gasteiger partial charge in [-0.25, -0.2) is 9.78 Å². The third-order valence-corrected chi connectivity index (χ3v) is 4.10. The Kier molecular flexibility index (Phi) is 4.81. The predicted octanol–water partition coefficient (Wildman–Crippen LogP) is 3.10. The summed E-state index contributed by atoms with van der Waals surface area (Å²) in [6.07, 6.45) is 4.65. The van der Waals surface area contributed by atoms with Crippen molar-refractivity contribution in [2.24, 2.45) is 0 Å². The van der Waals surface area contributed by atoms with Crippen molar-refractivity contribution in [3.63, 3.8) is 0 Å². The Morgan fingerprint density at radius 1 is 1.28 bits per heavy atom. The molecule has 3 rings (SSSR count). The molecule has 0 saturated heterocycles. The zero-order chi connectivity index (χ0) is 18.0. The number of carbonyl (C=O) groups is 1. The highest BCUT2D eigenvalue weighted by atomic mass is 16.6. The van der Waals surface area contributed by atoms with Crippen molar-refractivity contribution >= 4 is 23.1 Å². The third-order valence-electron chi connectivity index (χ3n) is 4.10. The molecule has 0 spiro atoms. The minimum atomic E-state index is -0.507. The number of nitrogen functional groups attached to an aromatic ring is 1. The fourth-order valence-electron chi connectivity index (χ4n) is 2.94. The van der Waals surface area contributed by atoms with Gasteiger partial charge in [0, 0.05) is 12.1 Å². The Hall–Kier alpha value is -2.34. The van der Waals surface area contributed by atoms with Gasteiger partial charge in [0.1, 0.15) is 11.4 Å². The Bertz CT molecular complexity index is 732. The van der Waals surface area contributed by atoms with Crippen LogP contribution in [0.3, 0.4) is 0 Å². The summed E-state index contributed by atoms with van der Waals surface area (Å²) in [4.78, 5) is 18.5. The monoisotopic (exact) mass is 343 g/mol. The highest BCUT2D eigenvalue weighted by Gasteiger charge is 2.27. The maximum absolute atomic E-state index is 12.3. The van der Waals surface area contributed by atoms with Crippen molar-refractivity contribution in [2.75, 3.05) is 32.0 Å². The number of hydrogen-bond acceptors (Lipinski definition) is 5. The molecule has 134 valence electrons. The van der Waals surface area contributed by atoms with Crippen LogP contribution in [-0.4, -0.2) is 47.9 Å². The fourth-order valence-corrected chi connectivity index (χ4v) is 2.94. The lowest BCUT2D eigenvalue weighted by molar-refractivity contribution is 0.0306. The second-order valence-corrected chi connectivity index (χ2v) is 7.28. The van der Waals surface area contributed by atoms with E-state index in [2.05, 4.69) is 11.1 Å². The van der Waals surface area contributed by atoms with Crippen LogP contribution in [0, 0.1) is 0 Å². The van der Waals surface area contributed by atoms with Crippen molar-refractivity contribution in [1.29, 1.82) is 0 Å². The summed E-state index contributed by atoms with van der Waals surface area (Å²) in [5, 5.41) is 0. The van der Waals surface area contributed by atoms with Crippen molar-refractivity contribution in [3.05, 3.63) is 35.5 Å². The van der Waals surface area contributed by atoms with Gasteiger partial charge >= 0.3 is 6.09 Å². The normalized spacial score (nSPS) is 18.0. The first-order chi connectivity index (χ1) is 11.8. The van der Waals surface area contributed by atoms with Crippen LogP contribution in [0.15, 0.2) is 24.3 Å². The number of ether oxygens (including phenoxy) is 2. The summed E-state index contributed by atoms with van der Waals surface area (Å²) in [7, 11) is 0. The number of nitrogens with zero attached hydrogens (tertiary/aromatic N) is 2. The topological polar surface area (TPSA) is 77.7 Å². The molecule has 6 nitrogen and oxygen atoms in total. The summed E-state index contributed by atoms with van der Waals surface area (Å²) in [6.45, 7) is 7.91. The van der Waals surface area contributed by atoms with Crippen LogP contribution in [0.5, 0.6) is 0 Å². The van der Waals surface area contributed by atoms with Gasteiger partial charge in [0.05, 0.1) is 25.5 Å². The fraction of sp³-hybridized carbons (Fsp3) is 0.474. The zero-order valence-electron chi connectivity index (χ0n) is 15.0. The van der Waals surface area contributed by atoms with E-state index in [0.717, 1.165) is 23.3 Å². The van der Waals surface area contributed by atoms with Gasteiger partial charge in [-0.1, -0.05) is 12.2 Å². The maximum Gasteiger partial charge on any atom is 0.410 e. The first-order valence-corrected chi connectivity index (χ1v) is 8.54. The lowest BCUT2D eigenvalue weighted by atomic mass is 9.96. The molecule has 0 aromatic carbocycles. The largest absolute Gasteiger partial charge is 0.444 e. The number of hydrogen-bond donors (Lipinski definition) is 1. The number of nitrogens with two attached hydrogens (primary N) is 1. The highest BCUT2D eigenvalue weighted by molar-refractivity contribution is 5.83. The molecule has 0 atom stereocenters. The average Bonchev–Trinajstić information content (AvgIpc) is 3.04. The molecule has 0 bridgehead atoms. The van der Waals surface area contributed by atoms with Crippen LogP contribution in [0.2, 0.25) is 0 Å². The van der Waals surface area contributed by atoms with E-state index in [1.165, 1.54) is 5.57 Å². The van der Waals surface area contributed by atoms with E-state index in [9.17, 15) is 4.79 Å². The number of aromatic nitrogens is 1. The molecule has 1 aromatic heterocycles. The predicted molar refractivity (Wildman–Crippen MR) is 97.8 cm³/mol. The summed E-state index contributed by atoms with van der Waals surface area (Å²) >= 11 is 0. The lowest BCUT2D eigenvalue weighted by Crippen LogP contribution is -2.35. The van der Waals surface area contributed by atoms with Gasteiger partial charge in [-0.2, -0.15) is 0 Å². The van der Waals surface area contributed by atoms with E-state index in [1.54, 1.807) is 4.90 Å². The first-order valence-electron chi connectivity index (χ1n) is 8.54. The Labute approximate surface area is 148 Å². The molecule has 2 aliphatic heterocycles. The summed E-state index contributed by atoms with van der Waals surface area (Å²) in [5.74, 6) is 0.475. The van der Waals surface area contributed by atoms with Crippen molar-refractivity contribution in [3.8, 4) is 0 Å². The minimum Gasteiger partial charge on any atom is -0.444 e. The molecule has 1 aromatic rings. The Balaban J connectivity index is 1.82. The van der Waals surface area contributed by atoms with Crippen LogP contribution in [0.25, 0.3) is 11.1 Å². The molecule has 0 radical (unpaired) electrons. The molecule has 2 aliphatic rings. The Morgan fingerprint density at radius 3 is 2.76 bits per heavy atom. The lowest BCUT2D eigenvalue weighted by Gasteiger charge is -2.24. The smallest absolute Gasteiger partial charge is 0.410 e. The van der Waals surface area contributed by atoms with Crippen molar-refractivity contribution < 1.29 is 14.3 Å². The maximum atomic E-state index is 12.3. The van der Waals surface area contributed by atoms with E-state index in [4.69, 9.17) is 15.2 Å². The molecule has 6 heteroatoms. The van der Waals surface area contributed by atoms with E-state index >= 15 is 0 Å². The molecule has 1 amide bonds. The molecule has 0 aliphatic carbocycles. The van der Waals surface area contributed by atoms with Crippen molar-refractivity contribution in [1.82, 2.24) is 9.88 Å². The van der Waals surface area contributed by atoms with Gasteiger partial charge in [-0.05, 0) is 50.5 Å². The van der Waals surface area contributed by atoms with Crippen LogP contribution in [-0.2, 0) is 9.47 Å². The second-order valence-electron chi connectivity index (χ2n) is 7.28. The van der Waals surface area contributed by atoms with Gasteiger partial charge in [0.2, 0.25) is 0 Å². The molecule has 0 unspecified atom stereocenters. The molecular weight excluding hydrogens is 318 g/mol. The quantitative estimate of drug-likeness (QED) is 0.893. The summed E-state index contributed by atoms with van der Waals surface area (Å²) in [5.41, 5.74) is 9.53. The van der Waals surface area contributed by atoms with E-state index in [-0.39, 0.29) is 6.09 Å². The van der Waals surface area contributed by atoms with E-state index in [1.807, 2.05) is 39.0 Å². The van der Waals surface area contributed by atoms with Crippen LogP contribution >= 0.6 is 0 Å². The second kappa shape index (κ2) is 6.88. The van der Waals surface area contributed by atoms with Gasteiger partial charge in [-0.15, -0.1) is 0 Å². The summed E-state index contributed by atoms with van der Waals surface area (Å²) < 4.78 is 10.9. The molecule has 25 heavy (non-hydrogen) atoms. The van der Waals surface area contributed by atoms with Crippen molar-refractivity contribution in [2.45, 2.75) is 32.8 Å². The molecule has 0 saturated carbocycles. The van der Waals surface area contributed by atoms with Gasteiger partial charge in [0.25, 0.3) is 0 Å². The number of anilines is 1. The number of rotatable bonds is 2. The first kappa shape index (κ1) is 17.5. The molecule has 0 fully saturated rings. The highest BCUT2D eigenvalue weighted by Crippen LogP contribution is 2.31. The van der Waals surface area contributed by atoms with Crippen LogP contribution in [0.4, 0.5) is 10.6 Å². The number of pyridine rings is 1. The van der Waals surface area contributed by atoms with E-state index < -0.39 is 5.60 Å². The van der Waals surface area contributed by atoms with Crippen LogP contribution < -0.4 is 5.73 Å². The summed E-state index contributed by atoms with van der Waals surface area (Å²) in [6, 6.07) is 3.82. The molecule has 2 N–H and O–H groups in total. The standard InChI is InChI=1S/C19H25N3O3/c1-19(2,3)25-18(23)22-9-6-14(12-22)17-15(4-5-16(20)21-17)13-7-10-24-11-8-13/h4-7H,8-12H2,1-3H3,(H2,20,21). The SMILES string of the molecule is CC(C)(C)OC(=O)N1CC=C(c2nc(N)ccc2C2=CCOCC2)C1. The number of carbonyl (C=O) groups excluding carboxylic acids is 1.